The van der Waals surface area contributed by atoms with Gasteiger partial charge in [-0.15, -0.1) is 0 Å². The Balaban J connectivity index is 1.94. The standard InChI is InChI=1S/C13H16BrN3/c1-2-11-10-12(14)4-5-13(11)15-7-9-17-8-3-6-16-17/h3-6,8,10,15H,2,7,9H2,1H3. The maximum Gasteiger partial charge on any atom is 0.0582 e. The van der Waals surface area contributed by atoms with E-state index in [1.165, 1.54) is 11.3 Å². The van der Waals surface area contributed by atoms with Crippen LogP contribution in [-0.2, 0) is 13.0 Å². The van der Waals surface area contributed by atoms with Gasteiger partial charge < -0.3 is 5.32 Å². The van der Waals surface area contributed by atoms with Crippen molar-refractivity contribution in [3.05, 3.63) is 46.7 Å². The predicted octanol–water partition coefficient (Wildman–Crippen LogP) is 3.32. The molecule has 2 rings (SSSR count). The van der Waals surface area contributed by atoms with Crippen molar-refractivity contribution in [3.63, 3.8) is 0 Å². The Kier molecular flexibility index (Phi) is 4.20. The van der Waals surface area contributed by atoms with E-state index in [0.29, 0.717) is 0 Å². The van der Waals surface area contributed by atoms with E-state index in [1.54, 1.807) is 6.20 Å². The van der Waals surface area contributed by atoms with Gasteiger partial charge in [-0.1, -0.05) is 22.9 Å². The van der Waals surface area contributed by atoms with Crippen molar-refractivity contribution in [1.82, 2.24) is 9.78 Å². The summed E-state index contributed by atoms with van der Waals surface area (Å²) in [6.45, 7) is 3.93. The average molecular weight is 294 g/mol. The molecule has 0 bridgehead atoms. The summed E-state index contributed by atoms with van der Waals surface area (Å²) >= 11 is 3.49. The Hall–Kier alpha value is -1.29. The number of anilines is 1. The van der Waals surface area contributed by atoms with Crippen molar-refractivity contribution < 1.29 is 0 Å². The number of aromatic nitrogens is 2. The van der Waals surface area contributed by atoms with Crippen molar-refractivity contribution in [2.45, 2.75) is 19.9 Å². The first-order chi connectivity index (χ1) is 8.29. The summed E-state index contributed by atoms with van der Waals surface area (Å²) in [5, 5.41) is 7.62. The highest BCUT2D eigenvalue weighted by molar-refractivity contribution is 9.10. The molecule has 3 nitrogen and oxygen atoms in total. The van der Waals surface area contributed by atoms with E-state index < -0.39 is 0 Å². The highest BCUT2D eigenvalue weighted by Crippen LogP contribution is 2.21. The zero-order valence-corrected chi connectivity index (χ0v) is 11.4. The number of halogens is 1. The van der Waals surface area contributed by atoms with Crippen molar-refractivity contribution in [3.8, 4) is 0 Å². The van der Waals surface area contributed by atoms with Gasteiger partial charge in [0.25, 0.3) is 0 Å². The Bertz CT molecular complexity index is 466. The molecular weight excluding hydrogens is 278 g/mol. The van der Waals surface area contributed by atoms with E-state index in [1.807, 2.05) is 16.9 Å². The van der Waals surface area contributed by atoms with E-state index in [2.05, 4.69) is 51.5 Å². The van der Waals surface area contributed by atoms with Crippen LogP contribution in [0, 0.1) is 0 Å². The van der Waals surface area contributed by atoms with Crippen molar-refractivity contribution >= 4 is 21.6 Å². The van der Waals surface area contributed by atoms with Gasteiger partial charge in [0.1, 0.15) is 0 Å². The number of benzene rings is 1. The molecule has 1 aromatic heterocycles. The molecule has 0 saturated heterocycles. The molecule has 1 heterocycles. The zero-order chi connectivity index (χ0) is 12.1. The number of aryl methyl sites for hydroxylation is 1. The fourth-order valence-corrected chi connectivity index (χ4v) is 2.17. The van der Waals surface area contributed by atoms with Crippen molar-refractivity contribution in [2.75, 3.05) is 11.9 Å². The Labute approximate surface area is 110 Å². The molecule has 4 heteroatoms. The summed E-state index contributed by atoms with van der Waals surface area (Å²) in [5.41, 5.74) is 2.54. The molecule has 0 aliphatic carbocycles. The van der Waals surface area contributed by atoms with E-state index >= 15 is 0 Å². The average Bonchev–Trinajstić information content (AvgIpc) is 2.84. The van der Waals surface area contributed by atoms with Crippen molar-refractivity contribution in [2.24, 2.45) is 0 Å². The van der Waals surface area contributed by atoms with Gasteiger partial charge in [0.05, 0.1) is 6.54 Å². The first kappa shape index (κ1) is 12.2. The van der Waals surface area contributed by atoms with Crippen LogP contribution in [-0.4, -0.2) is 16.3 Å². The minimum Gasteiger partial charge on any atom is -0.383 e. The Morgan fingerprint density at radius 1 is 1.41 bits per heavy atom. The monoisotopic (exact) mass is 293 g/mol. The van der Waals surface area contributed by atoms with Crippen LogP contribution >= 0.6 is 15.9 Å². The topological polar surface area (TPSA) is 29.9 Å². The summed E-state index contributed by atoms with van der Waals surface area (Å²) in [7, 11) is 0. The van der Waals surface area contributed by atoms with Gasteiger partial charge in [-0.25, -0.2) is 0 Å². The highest BCUT2D eigenvalue weighted by atomic mass is 79.9. The SMILES string of the molecule is CCc1cc(Br)ccc1NCCn1cccn1. The molecule has 0 aliphatic rings. The van der Waals surface area contributed by atoms with Crippen LogP contribution in [0.5, 0.6) is 0 Å². The van der Waals surface area contributed by atoms with E-state index in [9.17, 15) is 0 Å². The molecule has 0 amide bonds. The molecule has 0 spiro atoms. The molecule has 17 heavy (non-hydrogen) atoms. The summed E-state index contributed by atoms with van der Waals surface area (Å²) in [4.78, 5) is 0. The summed E-state index contributed by atoms with van der Waals surface area (Å²) in [6.07, 6.45) is 4.81. The first-order valence-electron chi connectivity index (χ1n) is 5.79. The van der Waals surface area contributed by atoms with Gasteiger partial charge in [-0.2, -0.15) is 5.10 Å². The molecular formula is C13H16BrN3. The summed E-state index contributed by atoms with van der Waals surface area (Å²) in [6, 6.07) is 8.29. The van der Waals surface area contributed by atoms with Crippen LogP contribution in [0.4, 0.5) is 5.69 Å². The largest absolute Gasteiger partial charge is 0.383 e. The number of rotatable bonds is 5. The maximum absolute atomic E-state index is 4.17. The van der Waals surface area contributed by atoms with Gasteiger partial charge in [-0.05, 0) is 36.2 Å². The van der Waals surface area contributed by atoms with Crippen LogP contribution in [0.15, 0.2) is 41.1 Å². The quantitative estimate of drug-likeness (QED) is 0.916. The third-order valence-electron chi connectivity index (χ3n) is 2.66. The van der Waals surface area contributed by atoms with Crippen LogP contribution in [0.1, 0.15) is 12.5 Å². The van der Waals surface area contributed by atoms with Gasteiger partial charge in [-0.3, -0.25) is 4.68 Å². The third kappa shape index (κ3) is 3.33. The zero-order valence-electron chi connectivity index (χ0n) is 9.86. The molecule has 0 saturated carbocycles. The van der Waals surface area contributed by atoms with Crippen LogP contribution in [0.25, 0.3) is 0 Å². The fraction of sp³-hybridized carbons (Fsp3) is 0.308. The van der Waals surface area contributed by atoms with Gasteiger partial charge in [0.2, 0.25) is 0 Å². The van der Waals surface area contributed by atoms with Crippen LogP contribution < -0.4 is 5.32 Å². The lowest BCUT2D eigenvalue weighted by molar-refractivity contribution is 0.637. The molecule has 90 valence electrons. The molecule has 1 aromatic carbocycles. The Morgan fingerprint density at radius 2 is 2.29 bits per heavy atom. The van der Waals surface area contributed by atoms with Crippen molar-refractivity contribution in [1.29, 1.82) is 0 Å². The van der Waals surface area contributed by atoms with E-state index in [0.717, 1.165) is 24.0 Å². The second-order valence-corrected chi connectivity index (χ2v) is 4.77. The molecule has 0 fully saturated rings. The predicted molar refractivity (Wildman–Crippen MR) is 74.2 cm³/mol. The second kappa shape index (κ2) is 5.87. The molecule has 2 aromatic rings. The fourth-order valence-electron chi connectivity index (χ4n) is 1.77. The maximum atomic E-state index is 4.17. The minimum absolute atomic E-state index is 0.881. The number of nitrogens with zero attached hydrogens (tertiary/aromatic N) is 2. The van der Waals surface area contributed by atoms with E-state index in [4.69, 9.17) is 0 Å². The van der Waals surface area contributed by atoms with Crippen LogP contribution in [0.2, 0.25) is 0 Å². The molecule has 0 radical (unpaired) electrons. The van der Waals surface area contributed by atoms with Gasteiger partial charge >= 0.3 is 0 Å². The molecule has 0 aliphatic heterocycles. The first-order valence-corrected chi connectivity index (χ1v) is 6.58. The Morgan fingerprint density at radius 3 is 3.00 bits per heavy atom. The van der Waals surface area contributed by atoms with Crippen LogP contribution in [0.3, 0.4) is 0 Å². The normalized spacial score (nSPS) is 10.5. The number of hydrogen-bond donors (Lipinski definition) is 1. The third-order valence-corrected chi connectivity index (χ3v) is 3.16. The summed E-state index contributed by atoms with van der Waals surface area (Å²) < 4.78 is 3.06. The molecule has 0 atom stereocenters. The minimum atomic E-state index is 0.881. The second-order valence-electron chi connectivity index (χ2n) is 3.85. The molecule has 1 N–H and O–H groups in total. The lowest BCUT2D eigenvalue weighted by Crippen LogP contribution is -2.11. The highest BCUT2D eigenvalue weighted by Gasteiger charge is 2.00. The van der Waals surface area contributed by atoms with Gasteiger partial charge in [0.15, 0.2) is 0 Å². The lowest BCUT2D eigenvalue weighted by atomic mass is 10.1. The molecule has 0 unspecified atom stereocenters. The lowest BCUT2D eigenvalue weighted by Gasteiger charge is -2.11. The van der Waals surface area contributed by atoms with E-state index in [-0.39, 0.29) is 0 Å². The smallest absolute Gasteiger partial charge is 0.0582 e. The number of hydrogen-bond acceptors (Lipinski definition) is 2. The summed E-state index contributed by atoms with van der Waals surface area (Å²) in [5.74, 6) is 0. The number of nitrogens with one attached hydrogen (secondary N) is 1. The van der Waals surface area contributed by atoms with Gasteiger partial charge in [0, 0.05) is 29.1 Å².